The Kier molecular flexibility index (Phi) is 7.80. The van der Waals surface area contributed by atoms with Gasteiger partial charge in [-0.3, -0.25) is 0 Å². The Bertz CT molecular complexity index is 1690. The summed E-state index contributed by atoms with van der Waals surface area (Å²) in [6.07, 6.45) is 6.36. The minimum atomic E-state index is -0.146. The quantitative estimate of drug-likeness (QED) is 0.179. The van der Waals surface area contributed by atoms with Crippen molar-refractivity contribution in [3.8, 4) is 5.75 Å². The molecule has 1 aliphatic heterocycles. The number of nitrogens with zero attached hydrogens (tertiary/aromatic N) is 1. The summed E-state index contributed by atoms with van der Waals surface area (Å²) in [5.74, 6) is 1.94. The first-order valence-corrected chi connectivity index (χ1v) is 15.2. The van der Waals surface area contributed by atoms with Gasteiger partial charge in [0, 0.05) is 22.9 Å². The Hall–Kier alpha value is -4.08. The number of hydrogen-bond acceptors (Lipinski definition) is 2. The lowest BCUT2D eigenvalue weighted by Crippen LogP contribution is -2.78. The van der Waals surface area contributed by atoms with Crippen LogP contribution in [0.5, 0.6) is 5.75 Å². The van der Waals surface area contributed by atoms with Gasteiger partial charge >= 0.3 is 0 Å². The third-order valence-corrected chi connectivity index (χ3v) is 8.45. The number of hydrogen-bond donors (Lipinski definition) is 1. The largest absolute Gasteiger partial charge is 0.438 e. The van der Waals surface area contributed by atoms with Crippen LogP contribution in [-0.4, -0.2) is 13.1 Å². The third-order valence-electron chi connectivity index (χ3n) is 8.45. The number of ether oxygens (including phenoxy) is 1. The molecule has 41 heavy (non-hydrogen) atoms. The van der Waals surface area contributed by atoms with Crippen LogP contribution < -0.4 is 15.0 Å². The van der Waals surface area contributed by atoms with Gasteiger partial charge in [0.15, 0.2) is 11.6 Å². The standard InChI is InChI=1S/C38H40N2O/c1-4-25-39-33-21-19-29-15-9-11-17-31(29)36(33)38(3,27-28-13-7-6-8-14-28)24-23-35-40(26-5-2)34-22-20-30-16-10-12-18-32(30)37(34)41-35/h6-23,39H,4-5,24-27H2,1-3H3/p+1/b35-23-. The number of nitrogens with two attached hydrogens (primary N) is 1. The molecule has 0 fully saturated rings. The molecule has 5 aromatic rings. The second-order valence-electron chi connectivity index (χ2n) is 11.6. The number of anilines is 1. The molecule has 0 bridgehead atoms. The molecule has 3 nitrogen and oxygen atoms in total. The van der Waals surface area contributed by atoms with Gasteiger partial charge < -0.3 is 15.0 Å². The van der Waals surface area contributed by atoms with Crippen molar-refractivity contribution in [1.29, 1.82) is 0 Å². The molecule has 208 valence electrons. The van der Waals surface area contributed by atoms with E-state index in [2.05, 4.69) is 140 Å². The van der Waals surface area contributed by atoms with Crippen molar-refractivity contribution in [3.63, 3.8) is 0 Å². The zero-order chi connectivity index (χ0) is 28.2. The van der Waals surface area contributed by atoms with Crippen LogP contribution in [0, 0.1) is 0 Å². The van der Waals surface area contributed by atoms with Gasteiger partial charge in [-0.25, -0.2) is 0 Å². The molecule has 3 heteroatoms. The predicted molar refractivity (Wildman–Crippen MR) is 173 cm³/mol. The average Bonchev–Trinajstić information content (AvgIpc) is 3.37. The van der Waals surface area contributed by atoms with E-state index in [9.17, 15) is 0 Å². The molecule has 6 rings (SSSR count). The van der Waals surface area contributed by atoms with Crippen LogP contribution in [0.2, 0.25) is 0 Å². The Morgan fingerprint density at radius 1 is 0.756 bits per heavy atom. The highest BCUT2D eigenvalue weighted by atomic mass is 16.5. The van der Waals surface area contributed by atoms with Gasteiger partial charge in [0.1, 0.15) is 5.69 Å². The molecule has 1 unspecified atom stereocenters. The molecule has 1 heterocycles. The number of benzene rings is 5. The number of rotatable bonds is 10. The Balaban J connectivity index is 1.47. The van der Waals surface area contributed by atoms with E-state index >= 15 is 0 Å². The Morgan fingerprint density at radius 2 is 1.44 bits per heavy atom. The van der Waals surface area contributed by atoms with Crippen molar-refractivity contribution < 1.29 is 10.1 Å². The topological polar surface area (TPSA) is 29.1 Å². The first kappa shape index (κ1) is 27.1. The molecule has 1 aliphatic rings. The van der Waals surface area contributed by atoms with Crippen molar-refractivity contribution in [2.75, 3.05) is 18.0 Å². The van der Waals surface area contributed by atoms with Crippen LogP contribution in [0.4, 0.5) is 11.4 Å². The van der Waals surface area contributed by atoms with Crippen molar-refractivity contribution in [1.82, 2.24) is 0 Å². The van der Waals surface area contributed by atoms with Crippen molar-refractivity contribution >= 4 is 32.9 Å². The van der Waals surface area contributed by atoms with Crippen molar-refractivity contribution in [3.05, 3.63) is 126 Å². The van der Waals surface area contributed by atoms with Crippen LogP contribution >= 0.6 is 0 Å². The molecule has 0 spiro atoms. The lowest BCUT2D eigenvalue weighted by atomic mass is 9.72. The predicted octanol–water partition coefficient (Wildman–Crippen LogP) is 8.64. The summed E-state index contributed by atoms with van der Waals surface area (Å²) in [6, 6.07) is 37.4. The first-order valence-electron chi connectivity index (χ1n) is 15.2. The summed E-state index contributed by atoms with van der Waals surface area (Å²) in [4.78, 5) is 2.37. The van der Waals surface area contributed by atoms with Gasteiger partial charge in [0.2, 0.25) is 0 Å². The van der Waals surface area contributed by atoms with Gasteiger partial charge in [-0.2, -0.15) is 0 Å². The zero-order valence-electron chi connectivity index (χ0n) is 24.6. The highest BCUT2D eigenvalue weighted by Gasteiger charge is 2.34. The lowest BCUT2D eigenvalue weighted by molar-refractivity contribution is -0.572. The van der Waals surface area contributed by atoms with Crippen LogP contribution in [0.3, 0.4) is 0 Å². The van der Waals surface area contributed by atoms with E-state index in [0.29, 0.717) is 0 Å². The van der Waals surface area contributed by atoms with Gasteiger partial charge in [-0.05, 0) is 71.7 Å². The van der Waals surface area contributed by atoms with Crippen LogP contribution in [0.25, 0.3) is 21.5 Å². The van der Waals surface area contributed by atoms with E-state index in [1.807, 2.05) is 0 Å². The van der Waals surface area contributed by atoms with E-state index in [0.717, 1.165) is 50.4 Å². The van der Waals surface area contributed by atoms with Gasteiger partial charge in [0.25, 0.3) is 0 Å². The van der Waals surface area contributed by atoms with E-state index in [1.54, 1.807) is 0 Å². The maximum Gasteiger partial charge on any atom is 0.196 e. The molecule has 0 saturated heterocycles. The second kappa shape index (κ2) is 11.8. The number of allylic oxidation sites excluding steroid dienone is 1. The minimum Gasteiger partial charge on any atom is -0.438 e. The van der Waals surface area contributed by atoms with Crippen molar-refractivity contribution in [2.45, 2.75) is 51.9 Å². The Morgan fingerprint density at radius 3 is 2.20 bits per heavy atom. The zero-order valence-corrected chi connectivity index (χ0v) is 24.6. The first-order chi connectivity index (χ1) is 20.1. The summed E-state index contributed by atoms with van der Waals surface area (Å²) in [5, 5.41) is 7.47. The summed E-state index contributed by atoms with van der Waals surface area (Å²) in [5.41, 5.74) is 5.17. The summed E-state index contributed by atoms with van der Waals surface area (Å²) in [7, 11) is 0. The molecule has 0 aliphatic carbocycles. The van der Waals surface area contributed by atoms with Gasteiger partial charge in [0.05, 0.1) is 12.2 Å². The molecule has 0 saturated carbocycles. The number of fused-ring (bicyclic) bond motifs is 4. The SMILES string of the molecule is CCC[NH2+]c1ccc2ccccc2c1C(C)(C/C=C1\Oc2c(ccc3ccccc23)N1CCC)Cc1ccccc1. The lowest BCUT2D eigenvalue weighted by Gasteiger charge is -2.32. The van der Waals surface area contributed by atoms with Crippen molar-refractivity contribution in [2.24, 2.45) is 0 Å². The highest BCUT2D eigenvalue weighted by Crippen LogP contribution is 2.46. The molecular formula is C38H41N2O+. The fraction of sp³-hybridized carbons (Fsp3) is 0.263. The molecule has 1 atom stereocenters. The summed E-state index contributed by atoms with van der Waals surface area (Å²) < 4.78 is 6.73. The fourth-order valence-corrected chi connectivity index (χ4v) is 6.49. The Labute approximate surface area is 244 Å². The smallest absolute Gasteiger partial charge is 0.196 e. The van der Waals surface area contributed by atoms with E-state index in [-0.39, 0.29) is 5.41 Å². The second-order valence-corrected chi connectivity index (χ2v) is 11.6. The number of quaternary nitrogens is 1. The molecular weight excluding hydrogens is 500 g/mol. The normalized spacial score (nSPS) is 15.3. The van der Waals surface area contributed by atoms with Gasteiger partial charge in [-0.1, -0.05) is 106 Å². The molecule has 2 N–H and O–H groups in total. The van der Waals surface area contributed by atoms with E-state index in [1.165, 1.54) is 44.0 Å². The molecule has 0 aromatic heterocycles. The van der Waals surface area contributed by atoms with Gasteiger partial charge in [-0.15, -0.1) is 0 Å². The monoisotopic (exact) mass is 541 g/mol. The molecule has 0 radical (unpaired) electrons. The van der Waals surface area contributed by atoms with Crippen LogP contribution in [0.15, 0.2) is 115 Å². The van der Waals surface area contributed by atoms with Crippen LogP contribution in [-0.2, 0) is 11.8 Å². The fourth-order valence-electron chi connectivity index (χ4n) is 6.49. The summed E-state index contributed by atoms with van der Waals surface area (Å²) in [6.45, 7) is 8.94. The highest BCUT2D eigenvalue weighted by molar-refractivity contribution is 5.95. The molecule has 0 amide bonds. The minimum absolute atomic E-state index is 0.146. The maximum atomic E-state index is 6.73. The van der Waals surface area contributed by atoms with E-state index < -0.39 is 0 Å². The summed E-state index contributed by atoms with van der Waals surface area (Å²) >= 11 is 0. The maximum absolute atomic E-state index is 6.73. The average molecular weight is 542 g/mol. The van der Waals surface area contributed by atoms with E-state index in [4.69, 9.17) is 4.74 Å². The van der Waals surface area contributed by atoms with Crippen LogP contribution in [0.1, 0.15) is 51.2 Å². The molecule has 5 aromatic carbocycles. The third kappa shape index (κ3) is 5.35.